The molecule has 1 saturated heterocycles. The van der Waals surface area contributed by atoms with E-state index in [-0.39, 0.29) is 5.54 Å². The van der Waals surface area contributed by atoms with Crippen LogP contribution in [0.1, 0.15) is 64.2 Å². The number of morpholine rings is 1. The molecule has 0 unspecified atom stereocenters. The zero-order valence-electron chi connectivity index (χ0n) is 12.7. The standard InChI is InChI=1S/C17H29NO2/c19-16(15-7-3-1-2-4-8-15)17(9-5-6-10-17)18-11-13-20-14-12-18/h15H,1-14H2. The lowest BCUT2D eigenvalue weighted by Gasteiger charge is -2.43. The van der Waals surface area contributed by atoms with Crippen LogP contribution in [-0.4, -0.2) is 42.5 Å². The molecule has 20 heavy (non-hydrogen) atoms. The van der Waals surface area contributed by atoms with Crippen LogP contribution in [0, 0.1) is 5.92 Å². The summed E-state index contributed by atoms with van der Waals surface area (Å²) in [5, 5.41) is 0. The third-order valence-electron chi connectivity index (χ3n) is 5.73. The van der Waals surface area contributed by atoms with Crippen LogP contribution in [0.2, 0.25) is 0 Å². The monoisotopic (exact) mass is 279 g/mol. The fraction of sp³-hybridized carbons (Fsp3) is 0.941. The average Bonchev–Trinajstić information content (AvgIpc) is 2.84. The lowest BCUT2D eigenvalue weighted by atomic mass is 9.79. The van der Waals surface area contributed by atoms with E-state index in [2.05, 4.69) is 4.90 Å². The molecular formula is C17H29NO2. The van der Waals surface area contributed by atoms with Crippen molar-refractivity contribution in [2.45, 2.75) is 69.7 Å². The summed E-state index contributed by atoms with van der Waals surface area (Å²) < 4.78 is 5.50. The van der Waals surface area contributed by atoms with Gasteiger partial charge in [-0.15, -0.1) is 0 Å². The van der Waals surface area contributed by atoms with E-state index in [4.69, 9.17) is 4.74 Å². The maximum atomic E-state index is 13.3. The molecule has 2 aliphatic carbocycles. The fourth-order valence-electron chi connectivity index (χ4n) is 4.59. The first-order chi connectivity index (χ1) is 9.83. The van der Waals surface area contributed by atoms with Gasteiger partial charge in [-0.05, 0) is 25.7 Å². The maximum Gasteiger partial charge on any atom is 0.156 e. The van der Waals surface area contributed by atoms with Crippen molar-refractivity contribution in [1.29, 1.82) is 0 Å². The van der Waals surface area contributed by atoms with E-state index in [1.807, 2.05) is 0 Å². The number of hydrogen-bond acceptors (Lipinski definition) is 3. The Kier molecular flexibility index (Phi) is 4.77. The van der Waals surface area contributed by atoms with E-state index in [9.17, 15) is 4.79 Å². The predicted molar refractivity (Wildman–Crippen MR) is 79.8 cm³/mol. The molecule has 3 fully saturated rings. The molecule has 1 heterocycles. The van der Waals surface area contributed by atoms with E-state index in [0.717, 1.165) is 52.0 Å². The summed E-state index contributed by atoms with van der Waals surface area (Å²) in [6, 6.07) is 0. The highest BCUT2D eigenvalue weighted by molar-refractivity contribution is 5.90. The van der Waals surface area contributed by atoms with Crippen molar-refractivity contribution in [2.75, 3.05) is 26.3 Å². The van der Waals surface area contributed by atoms with Crippen molar-refractivity contribution in [1.82, 2.24) is 4.90 Å². The van der Waals surface area contributed by atoms with Crippen molar-refractivity contribution in [3.8, 4) is 0 Å². The zero-order chi connectivity index (χ0) is 13.8. The van der Waals surface area contributed by atoms with Gasteiger partial charge in [0.2, 0.25) is 0 Å². The van der Waals surface area contributed by atoms with Crippen molar-refractivity contribution in [3.05, 3.63) is 0 Å². The number of carbonyl (C=O) groups excluding carboxylic acids is 1. The van der Waals surface area contributed by atoms with Gasteiger partial charge < -0.3 is 4.74 Å². The highest BCUT2D eigenvalue weighted by atomic mass is 16.5. The van der Waals surface area contributed by atoms with E-state index in [1.165, 1.54) is 38.5 Å². The minimum Gasteiger partial charge on any atom is -0.379 e. The predicted octanol–water partition coefficient (Wildman–Crippen LogP) is 3.17. The summed E-state index contributed by atoms with van der Waals surface area (Å²) in [6.07, 6.45) is 12.1. The Morgan fingerprint density at radius 1 is 0.900 bits per heavy atom. The number of carbonyl (C=O) groups is 1. The molecule has 0 atom stereocenters. The smallest absolute Gasteiger partial charge is 0.156 e. The topological polar surface area (TPSA) is 29.5 Å². The van der Waals surface area contributed by atoms with Crippen LogP contribution >= 0.6 is 0 Å². The van der Waals surface area contributed by atoms with Gasteiger partial charge in [0.15, 0.2) is 5.78 Å². The van der Waals surface area contributed by atoms with Crippen LogP contribution in [0.3, 0.4) is 0 Å². The summed E-state index contributed by atoms with van der Waals surface area (Å²) in [7, 11) is 0. The van der Waals surface area contributed by atoms with E-state index < -0.39 is 0 Å². The maximum absolute atomic E-state index is 13.3. The van der Waals surface area contributed by atoms with Gasteiger partial charge in [0.25, 0.3) is 0 Å². The van der Waals surface area contributed by atoms with Crippen molar-refractivity contribution < 1.29 is 9.53 Å². The highest BCUT2D eigenvalue weighted by Gasteiger charge is 2.48. The van der Waals surface area contributed by atoms with Gasteiger partial charge in [-0.1, -0.05) is 38.5 Å². The molecule has 0 amide bonds. The number of rotatable bonds is 3. The SMILES string of the molecule is O=C(C1CCCCCC1)C1(N2CCOCC2)CCCC1. The van der Waals surface area contributed by atoms with Gasteiger partial charge in [-0.3, -0.25) is 9.69 Å². The van der Waals surface area contributed by atoms with Crippen molar-refractivity contribution >= 4 is 5.78 Å². The van der Waals surface area contributed by atoms with Crippen LogP contribution in [0.25, 0.3) is 0 Å². The number of ketones is 1. The number of ether oxygens (including phenoxy) is 1. The third kappa shape index (κ3) is 2.80. The summed E-state index contributed by atoms with van der Waals surface area (Å²) >= 11 is 0. The van der Waals surface area contributed by atoms with Crippen LogP contribution in [-0.2, 0) is 9.53 Å². The fourth-order valence-corrected chi connectivity index (χ4v) is 4.59. The Morgan fingerprint density at radius 2 is 1.50 bits per heavy atom. The summed E-state index contributed by atoms with van der Waals surface area (Å²) in [6.45, 7) is 3.52. The summed E-state index contributed by atoms with van der Waals surface area (Å²) in [5.74, 6) is 0.942. The molecule has 0 aromatic rings. The second kappa shape index (κ2) is 6.57. The van der Waals surface area contributed by atoms with E-state index in [0.29, 0.717) is 11.7 Å². The molecular weight excluding hydrogens is 250 g/mol. The molecule has 114 valence electrons. The second-order valence-electron chi connectivity index (χ2n) is 6.89. The number of hydrogen-bond donors (Lipinski definition) is 0. The first-order valence-corrected chi connectivity index (χ1v) is 8.70. The molecule has 0 aromatic carbocycles. The number of Topliss-reactive ketones (excluding diaryl/α,β-unsaturated/α-hetero) is 1. The summed E-state index contributed by atoms with van der Waals surface area (Å²) in [5.41, 5.74) is -0.112. The third-order valence-corrected chi connectivity index (χ3v) is 5.73. The minimum absolute atomic E-state index is 0.112. The molecule has 0 aromatic heterocycles. The molecule has 3 aliphatic rings. The van der Waals surface area contributed by atoms with Gasteiger partial charge >= 0.3 is 0 Å². The first kappa shape index (κ1) is 14.5. The largest absolute Gasteiger partial charge is 0.379 e. The lowest BCUT2D eigenvalue weighted by Crippen LogP contribution is -2.58. The molecule has 2 saturated carbocycles. The molecule has 3 heteroatoms. The Morgan fingerprint density at radius 3 is 2.10 bits per heavy atom. The van der Waals surface area contributed by atoms with E-state index in [1.54, 1.807) is 0 Å². The van der Waals surface area contributed by atoms with Crippen LogP contribution in [0.5, 0.6) is 0 Å². The van der Waals surface area contributed by atoms with Gasteiger partial charge in [-0.2, -0.15) is 0 Å². The van der Waals surface area contributed by atoms with Gasteiger partial charge in [0.1, 0.15) is 0 Å². The zero-order valence-corrected chi connectivity index (χ0v) is 12.7. The van der Waals surface area contributed by atoms with Gasteiger partial charge in [-0.25, -0.2) is 0 Å². The van der Waals surface area contributed by atoms with Gasteiger partial charge in [0, 0.05) is 19.0 Å². The Balaban J connectivity index is 1.76. The summed E-state index contributed by atoms with van der Waals surface area (Å²) in [4.78, 5) is 15.8. The molecule has 0 bridgehead atoms. The normalized spacial score (nSPS) is 29.2. The van der Waals surface area contributed by atoms with Crippen LogP contribution in [0.15, 0.2) is 0 Å². The molecule has 0 radical (unpaired) electrons. The number of nitrogens with zero attached hydrogens (tertiary/aromatic N) is 1. The molecule has 3 rings (SSSR count). The minimum atomic E-state index is -0.112. The van der Waals surface area contributed by atoms with Gasteiger partial charge in [0.05, 0.1) is 18.8 Å². The molecule has 0 spiro atoms. The molecule has 3 nitrogen and oxygen atoms in total. The van der Waals surface area contributed by atoms with Crippen molar-refractivity contribution in [2.24, 2.45) is 5.92 Å². The Bertz CT molecular complexity index is 322. The van der Waals surface area contributed by atoms with Crippen LogP contribution in [0.4, 0.5) is 0 Å². The lowest BCUT2D eigenvalue weighted by molar-refractivity contribution is -0.139. The molecule has 1 aliphatic heterocycles. The van der Waals surface area contributed by atoms with Crippen LogP contribution < -0.4 is 0 Å². The van der Waals surface area contributed by atoms with Crippen molar-refractivity contribution in [3.63, 3.8) is 0 Å². The average molecular weight is 279 g/mol. The first-order valence-electron chi connectivity index (χ1n) is 8.70. The Labute approximate surface area is 123 Å². The quantitative estimate of drug-likeness (QED) is 0.743. The Hall–Kier alpha value is -0.410. The highest BCUT2D eigenvalue weighted by Crippen LogP contribution is 2.40. The second-order valence-corrected chi connectivity index (χ2v) is 6.89. The van der Waals surface area contributed by atoms with E-state index >= 15 is 0 Å². The molecule has 0 N–H and O–H groups in total.